The number of hydrogen-bond donors (Lipinski definition) is 3. The summed E-state index contributed by atoms with van der Waals surface area (Å²) in [7, 11) is 0. The molecule has 0 aliphatic heterocycles. The minimum atomic E-state index is -0.892. The molecule has 7 nitrogen and oxygen atoms in total. The number of hydrazone groups is 1. The molecule has 0 saturated heterocycles. The molecule has 2 aromatic carbocycles. The molecule has 2 rings (SSSR count). The molecular formula is C20H21ClN4O3. The monoisotopic (exact) mass is 400 g/mol. The van der Waals surface area contributed by atoms with Gasteiger partial charge in [-0.25, -0.2) is 5.43 Å². The van der Waals surface area contributed by atoms with Crippen LogP contribution in [-0.2, 0) is 27.5 Å². The molecule has 0 heterocycles. The average Bonchev–Trinajstić information content (AvgIpc) is 2.70. The first kappa shape index (κ1) is 21.1. The van der Waals surface area contributed by atoms with E-state index in [0.717, 1.165) is 11.1 Å². The zero-order valence-electron chi connectivity index (χ0n) is 15.4. The van der Waals surface area contributed by atoms with Crippen molar-refractivity contribution in [3.63, 3.8) is 0 Å². The molecule has 0 unspecified atom stereocenters. The van der Waals surface area contributed by atoms with Gasteiger partial charge >= 0.3 is 11.8 Å². The highest BCUT2D eigenvalue weighted by molar-refractivity contribution is 6.35. The summed E-state index contributed by atoms with van der Waals surface area (Å²) in [6.07, 6.45) is -0.000492. The van der Waals surface area contributed by atoms with Gasteiger partial charge in [-0.2, -0.15) is 5.10 Å². The highest BCUT2D eigenvalue weighted by Crippen LogP contribution is 2.09. The van der Waals surface area contributed by atoms with Gasteiger partial charge in [0.1, 0.15) is 0 Å². The van der Waals surface area contributed by atoms with Crippen molar-refractivity contribution >= 4 is 35.0 Å². The molecule has 0 fully saturated rings. The molecule has 0 bridgehead atoms. The van der Waals surface area contributed by atoms with Crippen molar-refractivity contribution in [2.75, 3.05) is 0 Å². The first-order valence-electron chi connectivity index (χ1n) is 8.60. The fourth-order valence-electron chi connectivity index (χ4n) is 2.19. The van der Waals surface area contributed by atoms with E-state index in [1.54, 1.807) is 19.1 Å². The summed E-state index contributed by atoms with van der Waals surface area (Å²) in [6.45, 7) is 2.18. The van der Waals surface area contributed by atoms with Crippen LogP contribution in [0.15, 0.2) is 59.7 Å². The molecule has 0 saturated carbocycles. The van der Waals surface area contributed by atoms with Crippen LogP contribution in [0.2, 0.25) is 5.02 Å². The molecule has 0 aromatic heterocycles. The first-order valence-corrected chi connectivity index (χ1v) is 8.98. The Morgan fingerprint density at radius 2 is 1.46 bits per heavy atom. The van der Waals surface area contributed by atoms with Crippen LogP contribution < -0.4 is 16.1 Å². The summed E-state index contributed by atoms with van der Waals surface area (Å²) < 4.78 is 0. The highest BCUT2D eigenvalue weighted by Gasteiger charge is 2.12. The highest BCUT2D eigenvalue weighted by atomic mass is 35.5. The van der Waals surface area contributed by atoms with Gasteiger partial charge in [0.25, 0.3) is 0 Å². The van der Waals surface area contributed by atoms with Crippen LogP contribution in [0.5, 0.6) is 0 Å². The summed E-state index contributed by atoms with van der Waals surface area (Å²) in [5, 5.41) is 9.65. The van der Waals surface area contributed by atoms with Crippen molar-refractivity contribution in [2.45, 2.75) is 26.4 Å². The van der Waals surface area contributed by atoms with Gasteiger partial charge in [0, 0.05) is 23.8 Å². The number of hydrogen-bond acceptors (Lipinski definition) is 4. The van der Waals surface area contributed by atoms with Gasteiger partial charge in [0.05, 0.1) is 6.42 Å². The lowest BCUT2D eigenvalue weighted by molar-refractivity contribution is -0.139. The molecule has 2 aromatic rings. The lowest BCUT2D eigenvalue weighted by Gasteiger charge is -2.06. The van der Waals surface area contributed by atoms with Crippen LogP contribution in [0.4, 0.5) is 0 Å². The molecule has 0 spiro atoms. The normalized spacial score (nSPS) is 10.9. The maximum absolute atomic E-state index is 11.9. The van der Waals surface area contributed by atoms with E-state index < -0.39 is 11.8 Å². The maximum Gasteiger partial charge on any atom is 0.329 e. The third kappa shape index (κ3) is 7.59. The number of halogens is 1. The number of amides is 3. The predicted molar refractivity (Wildman–Crippen MR) is 107 cm³/mol. The molecule has 0 atom stereocenters. The van der Waals surface area contributed by atoms with Crippen molar-refractivity contribution in [3.8, 4) is 0 Å². The van der Waals surface area contributed by atoms with E-state index in [-0.39, 0.29) is 18.9 Å². The third-order valence-electron chi connectivity index (χ3n) is 3.67. The summed E-state index contributed by atoms with van der Waals surface area (Å²) in [5.74, 6) is -1.94. The van der Waals surface area contributed by atoms with Crippen molar-refractivity contribution < 1.29 is 14.4 Å². The number of nitrogens with one attached hydrogen (secondary N) is 3. The first-order chi connectivity index (χ1) is 13.4. The largest absolute Gasteiger partial charge is 0.352 e. The van der Waals surface area contributed by atoms with Crippen LogP contribution in [-0.4, -0.2) is 23.4 Å². The number of carbonyl (C=O) groups excluding carboxylic acids is 3. The minimum absolute atomic E-state index is 0.000492. The van der Waals surface area contributed by atoms with Gasteiger partial charge in [-0.3, -0.25) is 14.4 Å². The molecule has 8 heteroatoms. The number of carbonyl (C=O) groups is 3. The smallest absolute Gasteiger partial charge is 0.329 e. The van der Waals surface area contributed by atoms with E-state index in [2.05, 4.69) is 21.2 Å². The van der Waals surface area contributed by atoms with Gasteiger partial charge < -0.3 is 10.6 Å². The zero-order chi connectivity index (χ0) is 20.4. The molecule has 0 radical (unpaired) electrons. The van der Waals surface area contributed by atoms with E-state index in [9.17, 15) is 14.4 Å². The Morgan fingerprint density at radius 1 is 0.857 bits per heavy atom. The van der Waals surface area contributed by atoms with Crippen LogP contribution in [0.25, 0.3) is 0 Å². The summed E-state index contributed by atoms with van der Waals surface area (Å²) in [4.78, 5) is 35.4. The third-order valence-corrected chi connectivity index (χ3v) is 3.92. The number of nitrogens with zero attached hydrogens (tertiary/aromatic N) is 1. The molecule has 0 aliphatic rings. The Labute approximate surface area is 168 Å². The molecule has 3 N–H and O–H groups in total. The lowest BCUT2D eigenvalue weighted by atomic mass is 10.2. The van der Waals surface area contributed by atoms with Crippen LogP contribution in [0.1, 0.15) is 24.5 Å². The van der Waals surface area contributed by atoms with Crippen molar-refractivity contribution in [1.82, 2.24) is 16.1 Å². The summed E-state index contributed by atoms with van der Waals surface area (Å²) in [5.41, 5.74) is 4.31. The van der Waals surface area contributed by atoms with Crippen LogP contribution in [0.3, 0.4) is 0 Å². The maximum atomic E-state index is 11.9. The Hall–Kier alpha value is -3.19. The molecule has 28 heavy (non-hydrogen) atoms. The van der Waals surface area contributed by atoms with Crippen molar-refractivity contribution in [3.05, 3.63) is 70.7 Å². The zero-order valence-corrected chi connectivity index (χ0v) is 16.1. The fourth-order valence-corrected chi connectivity index (χ4v) is 2.32. The summed E-state index contributed by atoms with van der Waals surface area (Å²) in [6, 6.07) is 16.3. The van der Waals surface area contributed by atoms with Crippen molar-refractivity contribution in [1.29, 1.82) is 0 Å². The van der Waals surface area contributed by atoms with Crippen molar-refractivity contribution in [2.24, 2.45) is 5.10 Å². The predicted octanol–water partition coefficient (Wildman–Crippen LogP) is 2.15. The summed E-state index contributed by atoms with van der Waals surface area (Å²) >= 11 is 5.81. The second-order valence-electron chi connectivity index (χ2n) is 6.04. The Balaban J connectivity index is 1.71. The van der Waals surface area contributed by atoms with Crippen LogP contribution >= 0.6 is 11.6 Å². The van der Waals surface area contributed by atoms with Gasteiger partial charge in [-0.1, -0.05) is 54.1 Å². The molecular weight excluding hydrogens is 380 g/mol. The fraction of sp³-hybridized carbons (Fsp3) is 0.200. The Morgan fingerprint density at radius 3 is 2.14 bits per heavy atom. The quantitative estimate of drug-likeness (QED) is 0.377. The molecule has 0 aliphatic carbocycles. The Kier molecular flexibility index (Phi) is 8.17. The number of rotatable bonds is 7. The van der Waals surface area contributed by atoms with E-state index in [1.165, 1.54) is 0 Å². The standard InChI is InChI=1S/C20H21ClN4O3/c1-14(11-18(26)22-12-16-7-9-17(21)10-8-16)24-25-20(28)19(27)23-13-15-5-3-2-4-6-15/h2-10H,11-13H2,1H3,(H,22,26)(H,23,27)(H,25,28)/b24-14+. The second-order valence-corrected chi connectivity index (χ2v) is 6.47. The second kappa shape index (κ2) is 10.8. The van der Waals surface area contributed by atoms with E-state index in [1.807, 2.05) is 42.5 Å². The van der Waals surface area contributed by atoms with Crippen LogP contribution in [0, 0.1) is 0 Å². The van der Waals surface area contributed by atoms with Gasteiger partial charge in [0.15, 0.2) is 0 Å². The SMILES string of the molecule is C/C(CC(=O)NCc1ccc(Cl)cc1)=N\NC(=O)C(=O)NCc1ccccc1. The van der Waals surface area contributed by atoms with Gasteiger partial charge in [-0.15, -0.1) is 0 Å². The number of benzene rings is 2. The van der Waals surface area contributed by atoms with E-state index >= 15 is 0 Å². The molecule has 3 amide bonds. The van der Waals surface area contributed by atoms with Gasteiger partial charge in [-0.05, 0) is 30.2 Å². The van der Waals surface area contributed by atoms with E-state index in [4.69, 9.17) is 11.6 Å². The lowest BCUT2D eigenvalue weighted by Crippen LogP contribution is -2.37. The van der Waals surface area contributed by atoms with Gasteiger partial charge in [0.2, 0.25) is 5.91 Å². The Bertz CT molecular complexity index is 852. The van der Waals surface area contributed by atoms with E-state index in [0.29, 0.717) is 17.3 Å². The minimum Gasteiger partial charge on any atom is -0.352 e. The topological polar surface area (TPSA) is 99.7 Å². The average molecular weight is 401 g/mol. The molecule has 146 valence electrons.